The number of aromatic nitrogens is 1. The van der Waals surface area contributed by atoms with Crippen LogP contribution in [0.2, 0.25) is 0 Å². The topological polar surface area (TPSA) is 12.9 Å². The number of rotatable bonds is 2. The maximum absolute atomic E-state index is 13.0. The lowest BCUT2D eigenvalue weighted by molar-refractivity contribution is -0.137. The third-order valence-corrected chi connectivity index (χ3v) is 2.59. The lowest BCUT2D eigenvalue weighted by Gasteiger charge is -2.13. The number of pyridine rings is 1. The van der Waals surface area contributed by atoms with Crippen LogP contribution in [-0.2, 0) is 12.1 Å². The van der Waals surface area contributed by atoms with E-state index >= 15 is 0 Å². The average molecular weight is 337 g/mol. The standard InChI is InChI=1S/C8H5F5IN/c9-7(10,4-14)6-2-1-5(3-15-6)8(11,12)13/h1-3H,4H2. The predicted molar refractivity (Wildman–Crippen MR) is 52.0 cm³/mol. The fourth-order valence-electron chi connectivity index (χ4n) is 0.846. The van der Waals surface area contributed by atoms with Gasteiger partial charge in [0.2, 0.25) is 0 Å². The number of hydrogen-bond acceptors (Lipinski definition) is 1. The molecule has 0 fully saturated rings. The van der Waals surface area contributed by atoms with Gasteiger partial charge in [-0.2, -0.15) is 22.0 Å². The van der Waals surface area contributed by atoms with Crippen LogP contribution in [0.15, 0.2) is 18.3 Å². The van der Waals surface area contributed by atoms with Gasteiger partial charge >= 0.3 is 6.18 Å². The molecule has 0 saturated carbocycles. The molecular formula is C8H5F5IN. The highest BCUT2D eigenvalue weighted by atomic mass is 127. The molecule has 0 amide bonds. The van der Waals surface area contributed by atoms with Crippen LogP contribution in [0, 0.1) is 0 Å². The van der Waals surface area contributed by atoms with Crippen molar-refractivity contribution in [3.63, 3.8) is 0 Å². The molecule has 0 aliphatic rings. The van der Waals surface area contributed by atoms with Gasteiger partial charge in [-0.3, -0.25) is 4.98 Å². The number of hydrogen-bond donors (Lipinski definition) is 0. The van der Waals surface area contributed by atoms with E-state index in [2.05, 4.69) is 4.98 Å². The summed E-state index contributed by atoms with van der Waals surface area (Å²) in [4.78, 5) is 3.11. The average Bonchev–Trinajstić information content (AvgIpc) is 2.17. The quantitative estimate of drug-likeness (QED) is 0.456. The first kappa shape index (κ1) is 12.6. The molecule has 0 aliphatic heterocycles. The summed E-state index contributed by atoms with van der Waals surface area (Å²) in [7, 11) is 0. The predicted octanol–water partition coefficient (Wildman–Crippen LogP) is 3.63. The van der Waals surface area contributed by atoms with Crippen LogP contribution in [0.4, 0.5) is 22.0 Å². The van der Waals surface area contributed by atoms with Gasteiger partial charge in [-0.15, -0.1) is 0 Å². The fraction of sp³-hybridized carbons (Fsp3) is 0.375. The van der Waals surface area contributed by atoms with Crippen molar-refractivity contribution in [3.8, 4) is 0 Å². The van der Waals surface area contributed by atoms with Gasteiger partial charge < -0.3 is 0 Å². The third kappa shape index (κ3) is 2.99. The summed E-state index contributed by atoms with van der Waals surface area (Å²) in [6.07, 6.45) is -4.14. The van der Waals surface area contributed by atoms with Gasteiger partial charge in [-0.25, -0.2) is 0 Å². The Hall–Kier alpha value is -0.470. The van der Waals surface area contributed by atoms with E-state index in [4.69, 9.17) is 0 Å². The molecule has 84 valence electrons. The minimum Gasteiger partial charge on any atom is -0.254 e. The third-order valence-electron chi connectivity index (χ3n) is 1.63. The summed E-state index contributed by atoms with van der Waals surface area (Å²) in [5.74, 6) is -3.19. The van der Waals surface area contributed by atoms with E-state index in [-0.39, 0.29) is 0 Å². The van der Waals surface area contributed by atoms with Gasteiger partial charge in [0.25, 0.3) is 5.92 Å². The van der Waals surface area contributed by atoms with Crippen molar-refractivity contribution < 1.29 is 22.0 Å². The molecule has 0 saturated heterocycles. The second-order valence-electron chi connectivity index (χ2n) is 2.77. The van der Waals surface area contributed by atoms with Gasteiger partial charge in [0.1, 0.15) is 5.69 Å². The van der Waals surface area contributed by atoms with E-state index in [0.717, 1.165) is 0 Å². The van der Waals surface area contributed by atoms with Gasteiger partial charge in [-0.05, 0) is 12.1 Å². The Labute approximate surface area is 95.8 Å². The molecule has 15 heavy (non-hydrogen) atoms. The molecule has 1 nitrogen and oxygen atoms in total. The van der Waals surface area contributed by atoms with Crippen LogP contribution in [0.1, 0.15) is 11.3 Å². The van der Waals surface area contributed by atoms with E-state index in [0.29, 0.717) is 18.3 Å². The van der Waals surface area contributed by atoms with E-state index in [1.54, 1.807) is 0 Å². The SMILES string of the molecule is FC(F)(F)c1ccc(C(F)(F)CI)nc1. The van der Waals surface area contributed by atoms with Crippen molar-refractivity contribution in [3.05, 3.63) is 29.6 Å². The van der Waals surface area contributed by atoms with Crippen LogP contribution >= 0.6 is 22.6 Å². The second kappa shape index (κ2) is 4.18. The Bertz CT molecular complexity index is 332. The largest absolute Gasteiger partial charge is 0.417 e. The van der Waals surface area contributed by atoms with Gasteiger partial charge in [0.15, 0.2) is 0 Å². The molecule has 7 heteroatoms. The molecule has 0 unspecified atom stereocenters. The normalized spacial score (nSPS) is 12.9. The zero-order valence-corrected chi connectivity index (χ0v) is 9.31. The molecular weight excluding hydrogens is 332 g/mol. The monoisotopic (exact) mass is 337 g/mol. The molecule has 0 atom stereocenters. The lowest BCUT2D eigenvalue weighted by atomic mass is 10.2. The highest BCUT2D eigenvalue weighted by Gasteiger charge is 2.34. The summed E-state index contributed by atoms with van der Waals surface area (Å²) < 4.78 is 61.6. The minimum absolute atomic E-state index is 0.412. The Kier molecular flexibility index (Phi) is 3.51. The molecule has 0 aromatic carbocycles. The molecule has 1 aromatic heterocycles. The van der Waals surface area contributed by atoms with Crippen molar-refractivity contribution in [2.75, 3.05) is 4.43 Å². The molecule has 1 aromatic rings. The Morgan fingerprint density at radius 3 is 2.07 bits per heavy atom. The van der Waals surface area contributed by atoms with Gasteiger partial charge in [-0.1, -0.05) is 22.6 Å². The summed E-state index contributed by atoms with van der Waals surface area (Å²) in [5, 5.41) is 0. The first-order valence-electron chi connectivity index (χ1n) is 3.75. The van der Waals surface area contributed by atoms with Gasteiger partial charge in [0.05, 0.1) is 9.99 Å². The Balaban J connectivity index is 3.01. The fourth-order valence-corrected chi connectivity index (χ4v) is 1.24. The smallest absolute Gasteiger partial charge is 0.254 e. The molecule has 0 aliphatic carbocycles. The lowest BCUT2D eigenvalue weighted by Crippen LogP contribution is -2.17. The highest BCUT2D eigenvalue weighted by molar-refractivity contribution is 14.1. The van der Waals surface area contributed by atoms with Gasteiger partial charge in [0, 0.05) is 6.20 Å². The van der Waals surface area contributed by atoms with Crippen LogP contribution < -0.4 is 0 Å². The van der Waals surface area contributed by atoms with Crippen molar-refractivity contribution in [1.29, 1.82) is 0 Å². The van der Waals surface area contributed by atoms with Crippen molar-refractivity contribution >= 4 is 22.6 Å². The molecule has 1 heterocycles. The zero-order chi connectivity index (χ0) is 11.7. The highest BCUT2D eigenvalue weighted by Crippen LogP contribution is 2.32. The summed E-state index contributed by atoms with van der Waals surface area (Å²) >= 11 is 1.45. The molecule has 0 N–H and O–H groups in total. The summed E-state index contributed by atoms with van der Waals surface area (Å²) in [6.45, 7) is 0. The Morgan fingerprint density at radius 2 is 1.73 bits per heavy atom. The zero-order valence-electron chi connectivity index (χ0n) is 7.15. The van der Waals surface area contributed by atoms with Crippen molar-refractivity contribution in [1.82, 2.24) is 4.98 Å². The number of nitrogens with zero attached hydrogens (tertiary/aromatic N) is 1. The summed E-state index contributed by atoms with van der Waals surface area (Å²) in [5.41, 5.74) is -1.68. The first-order valence-corrected chi connectivity index (χ1v) is 5.27. The maximum Gasteiger partial charge on any atom is 0.417 e. The molecule has 0 spiro atoms. The second-order valence-corrected chi connectivity index (χ2v) is 3.53. The van der Waals surface area contributed by atoms with Crippen LogP contribution in [0.25, 0.3) is 0 Å². The van der Waals surface area contributed by atoms with Crippen molar-refractivity contribution in [2.24, 2.45) is 0 Å². The van der Waals surface area contributed by atoms with E-state index in [1.165, 1.54) is 22.6 Å². The number of halogens is 6. The van der Waals surface area contributed by atoms with Crippen LogP contribution in [0.3, 0.4) is 0 Å². The maximum atomic E-state index is 13.0. The van der Waals surface area contributed by atoms with Crippen LogP contribution in [0.5, 0.6) is 0 Å². The Morgan fingerprint density at radius 1 is 1.13 bits per heavy atom. The molecule has 1 rings (SSSR count). The minimum atomic E-state index is -4.55. The van der Waals surface area contributed by atoms with E-state index in [1.807, 2.05) is 0 Å². The van der Waals surface area contributed by atoms with E-state index in [9.17, 15) is 22.0 Å². The van der Waals surface area contributed by atoms with Crippen LogP contribution in [-0.4, -0.2) is 9.41 Å². The van der Waals surface area contributed by atoms with E-state index < -0.39 is 27.8 Å². The first-order chi connectivity index (χ1) is 6.77. The number of alkyl halides is 6. The van der Waals surface area contributed by atoms with Crippen molar-refractivity contribution in [2.45, 2.75) is 12.1 Å². The summed E-state index contributed by atoms with van der Waals surface area (Å²) in [6, 6.07) is 1.30. The molecule has 0 radical (unpaired) electrons. The molecule has 0 bridgehead atoms.